The molecule has 122 valence electrons. The van der Waals surface area contributed by atoms with Crippen molar-refractivity contribution in [2.75, 3.05) is 6.61 Å². The Kier molecular flexibility index (Phi) is 5.78. The summed E-state index contributed by atoms with van der Waals surface area (Å²) < 4.78 is 6.38. The van der Waals surface area contributed by atoms with Gasteiger partial charge in [-0.15, -0.1) is 0 Å². The van der Waals surface area contributed by atoms with Crippen molar-refractivity contribution in [3.8, 4) is 11.5 Å². The van der Waals surface area contributed by atoms with Crippen LogP contribution in [0.4, 0.5) is 0 Å². The summed E-state index contributed by atoms with van der Waals surface area (Å²) in [7, 11) is 0. The lowest BCUT2D eigenvalue weighted by atomic mass is 10.2. The SMILES string of the molecule is CCOc1cc(/C=N\NC(=O)c2cc(C)[nH]n2)c(Br)c(Br)c1O. The zero-order chi connectivity index (χ0) is 17.0. The Balaban J connectivity index is 2.17. The van der Waals surface area contributed by atoms with Gasteiger partial charge in [0.05, 0.1) is 17.3 Å². The molecule has 2 aromatic rings. The van der Waals surface area contributed by atoms with Gasteiger partial charge in [-0.25, -0.2) is 5.43 Å². The van der Waals surface area contributed by atoms with Crippen molar-refractivity contribution in [1.29, 1.82) is 0 Å². The molecule has 0 bridgehead atoms. The maximum atomic E-state index is 11.8. The second kappa shape index (κ2) is 7.60. The number of aryl methyl sites for hydroxylation is 1. The number of phenolic OH excluding ortho intramolecular Hbond substituents is 1. The summed E-state index contributed by atoms with van der Waals surface area (Å²) in [5.74, 6) is -0.116. The molecule has 1 aromatic carbocycles. The van der Waals surface area contributed by atoms with Crippen LogP contribution < -0.4 is 10.2 Å². The number of phenols is 1. The minimum atomic E-state index is -0.426. The lowest BCUT2D eigenvalue weighted by molar-refractivity contribution is 0.0950. The van der Waals surface area contributed by atoms with Gasteiger partial charge in [0.2, 0.25) is 0 Å². The van der Waals surface area contributed by atoms with Crippen LogP contribution in [0.5, 0.6) is 11.5 Å². The number of H-pyrrole nitrogens is 1. The standard InChI is InChI=1S/C14H14Br2N4O3/c1-3-23-10-5-8(11(15)12(16)13(10)21)6-17-20-14(22)9-4-7(2)18-19-9/h4-6,21H,3H2,1-2H3,(H,18,19)(H,20,22)/b17-6-. The maximum absolute atomic E-state index is 11.8. The molecule has 23 heavy (non-hydrogen) atoms. The van der Waals surface area contributed by atoms with Gasteiger partial charge in [0.1, 0.15) is 0 Å². The highest BCUT2D eigenvalue weighted by Crippen LogP contribution is 2.41. The van der Waals surface area contributed by atoms with E-state index in [1.807, 2.05) is 6.92 Å². The van der Waals surface area contributed by atoms with E-state index in [0.717, 1.165) is 5.69 Å². The van der Waals surface area contributed by atoms with Crippen LogP contribution in [0.25, 0.3) is 0 Å². The summed E-state index contributed by atoms with van der Waals surface area (Å²) in [6.07, 6.45) is 1.44. The van der Waals surface area contributed by atoms with Crippen molar-refractivity contribution >= 4 is 44.0 Å². The Morgan fingerprint density at radius 3 is 2.83 bits per heavy atom. The molecule has 7 nitrogen and oxygen atoms in total. The van der Waals surface area contributed by atoms with Crippen molar-refractivity contribution in [3.63, 3.8) is 0 Å². The van der Waals surface area contributed by atoms with Gasteiger partial charge in [-0.05, 0) is 57.8 Å². The summed E-state index contributed by atoms with van der Waals surface area (Å²) in [5.41, 5.74) is 4.04. The van der Waals surface area contributed by atoms with Crippen LogP contribution in [0.3, 0.4) is 0 Å². The summed E-state index contributed by atoms with van der Waals surface area (Å²) in [6, 6.07) is 3.23. The Morgan fingerprint density at radius 2 is 2.22 bits per heavy atom. The zero-order valence-electron chi connectivity index (χ0n) is 12.4. The molecule has 0 saturated heterocycles. The van der Waals surface area contributed by atoms with E-state index in [1.54, 1.807) is 19.1 Å². The zero-order valence-corrected chi connectivity index (χ0v) is 15.5. The number of hydrogen-bond donors (Lipinski definition) is 3. The molecular formula is C14H14Br2N4O3. The first kappa shape index (κ1) is 17.5. The van der Waals surface area contributed by atoms with Crippen molar-refractivity contribution < 1.29 is 14.6 Å². The van der Waals surface area contributed by atoms with Gasteiger partial charge in [0, 0.05) is 15.7 Å². The molecule has 3 N–H and O–H groups in total. The normalized spacial score (nSPS) is 11.0. The summed E-state index contributed by atoms with van der Waals surface area (Å²) in [5, 5.41) is 20.4. The van der Waals surface area contributed by atoms with E-state index in [0.29, 0.717) is 26.9 Å². The number of amides is 1. The molecule has 0 fully saturated rings. The maximum Gasteiger partial charge on any atom is 0.291 e. The number of rotatable bonds is 5. The molecule has 0 spiro atoms. The van der Waals surface area contributed by atoms with E-state index >= 15 is 0 Å². The van der Waals surface area contributed by atoms with Crippen LogP contribution in [0.15, 0.2) is 26.2 Å². The number of ether oxygens (including phenoxy) is 1. The number of hydrazone groups is 1. The number of carbonyl (C=O) groups excluding carboxylic acids is 1. The van der Waals surface area contributed by atoms with E-state index < -0.39 is 5.91 Å². The molecule has 0 aliphatic rings. The number of benzene rings is 1. The van der Waals surface area contributed by atoms with Crippen LogP contribution in [-0.4, -0.2) is 34.0 Å². The Morgan fingerprint density at radius 1 is 1.48 bits per heavy atom. The molecule has 0 radical (unpaired) electrons. The van der Waals surface area contributed by atoms with Gasteiger partial charge in [-0.2, -0.15) is 10.2 Å². The third-order valence-electron chi connectivity index (χ3n) is 2.78. The molecule has 0 saturated carbocycles. The van der Waals surface area contributed by atoms with E-state index in [2.05, 4.69) is 52.6 Å². The first-order valence-corrected chi connectivity index (χ1v) is 8.21. The summed E-state index contributed by atoms with van der Waals surface area (Å²) >= 11 is 6.62. The number of aromatic hydroxyl groups is 1. The molecule has 1 aromatic heterocycles. The average molecular weight is 446 g/mol. The predicted octanol–water partition coefficient (Wildman–Crippen LogP) is 3.11. The van der Waals surface area contributed by atoms with E-state index in [-0.39, 0.29) is 11.4 Å². The second-order valence-electron chi connectivity index (χ2n) is 4.51. The third-order valence-corrected chi connectivity index (χ3v) is 4.94. The molecule has 1 heterocycles. The Hall–Kier alpha value is -1.87. The fourth-order valence-corrected chi connectivity index (χ4v) is 2.55. The average Bonchev–Trinajstić information content (AvgIpc) is 2.96. The van der Waals surface area contributed by atoms with Crippen LogP contribution in [-0.2, 0) is 0 Å². The highest BCUT2D eigenvalue weighted by molar-refractivity contribution is 9.13. The van der Waals surface area contributed by atoms with Crippen molar-refractivity contribution in [1.82, 2.24) is 15.6 Å². The first-order valence-electron chi connectivity index (χ1n) is 6.63. The minimum absolute atomic E-state index is 0.00749. The van der Waals surface area contributed by atoms with Crippen LogP contribution in [0, 0.1) is 6.92 Å². The number of halogens is 2. The highest BCUT2D eigenvalue weighted by Gasteiger charge is 2.14. The number of aromatic nitrogens is 2. The molecule has 9 heteroatoms. The number of nitrogens with zero attached hydrogens (tertiary/aromatic N) is 2. The molecular weight excluding hydrogens is 432 g/mol. The quantitative estimate of drug-likeness (QED) is 0.486. The Bertz CT molecular complexity index is 759. The van der Waals surface area contributed by atoms with Crippen LogP contribution in [0.1, 0.15) is 28.7 Å². The van der Waals surface area contributed by atoms with Crippen LogP contribution in [0.2, 0.25) is 0 Å². The monoisotopic (exact) mass is 444 g/mol. The van der Waals surface area contributed by atoms with E-state index in [1.165, 1.54) is 6.21 Å². The van der Waals surface area contributed by atoms with E-state index in [4.69, 9.17) is 4.74 Å². The minimum Gasteiger partial charge on any atom is -0.503 e. The fourth-order valence-electron chi connectivity index (χ4n) is 1.72. The molecule has 2 rings (SSSR count). The van der Waals surface area contributed by atoms with Gasteiger partial charge in [-0.1, -0.05) is 0 Å². The number of carbonyl (C=O) groups is 1. The molecule has 0 unspecified atom stereocenters. The topological polar surface area (TPSA) is 99.6 Å². The van der Waals surface area contributed by atoms with Gasteiger partial charge in [0.15, 0.2) is 17.2 Å². The first-order chi connectivity index (χ1) is 10.9. The number of hydrogen-bond acceptors (Lipinski definition) is 5. The molecule has 0 aliphatic heterocycles. The molecule has 0 atom stereocenters. The molecule has 0 aliphatic carbocycles. The number of nitrogens with one attached hydrogen (secondary N) is 2. The Labute approximate surface area is 149 Å². The third kappa shape index (κ3) is 4.11. The second-order valence-corrected chi connectivity index (χ2v) is 6.09. The largest absolute Gasteiger partial charge is 0.503 e. The van der Waals surface area contributed by atoms with E-state index in [9.17, 15) is 9.90 Å². The smallest absolute Gasteiger partial charge is 0.291 e. The van der Waals surface area contributed by atoms with Gasteiger partial charge in [-0.3, -0.25) is 9.89 Å². The van der Waals surface area contributed by atoms with Crippen molar-refractivity contribution in [2.24, 2.45) is 5.10 Å². The lowest BCUT2D eigenvalue weighted by Gasteiger charge is -2.10. The van der Waals surface area contributed by atoms with Gasteiger partial charge in [0.25, 0.3) is 5.91 Å². The fraction of sp³-hybridized carbons (Fsp3) is 0.214. The summed E-state index contributed by atoms with van der Waals surface area (Å²) in [4.78, 5) is 11.8. The van der Waals surface area contributed by atoms with Gasteiger partial charge >= 0.3 is 0 Å². The molecule has 1 amide bonds. The van der Waals surface area contributed by atoms with Crippen LogP contribution >= 0.6 is 31.9 Å². The summed E-state index contributed by atoms with van der Waals surface area (Å²) in [6.45, 7) is 4.02. The van der Waals surface area contributed by atoms with Gasteiger partial charge < -0.3 is 9.84 Å². The highest BCUT2D eigenvalue weighted by atomic mass is 79.9. The predicted molar refractivity (Wildman–Crippen MR) is 93.1 cm³/mol. The van der Waals surface area contributed by atoms with Crippen molar-refractivity contribution in [3.05, 3.63) is 38.0 Å². The number of aromatic amines is 1. The lowest BCUT2D eigenvalue weighted by Crippen LogP contribution is -2.18. The van der Waals surface area contributed by atoms with Crippen molar-refractivity contribution in [2.45, 2.75) is 13.8 Å².